The van der Waals surface area contributed by atoms with Gasteiger partial charge in [-0.2, -0.15) is 0 Å². The van der Waals surface area contributed by atoms with Gasteiger partial charge in [-0.3, -0.25) is 9.59 Å². The van der Waals surface area contributed by atoms with Gasteiger partial charge in [-0.1, -0.05) is 73.6 Å². The zero-order valence-corrected chi connectivity index (χ0v) is 24.1. The average Bonchev–Trinajstić information content (AvgIpc) is 2.81. The first kappa shape index (κ1) is 33.2. The summed E-state index contributed by atoms with van der Waals surface area (Å²) in [5.41, 5.74) is 5.89. The molecule has 0 aliphatic heterocycles. The van der Waals surface area contributed by atoms with Crippen molar-refractivity contribution in [1.29, 1.82) is 0 Å². The highest BCUT2D eigenvalue weighted by atomic mass is 16.5. The molecule has 5 N–H and O–H groups in total. The minimum Gasteiger partial charge on any atom is -0.450 e. The van der Waals surface area contributed by atoms with Gasteiger partial charge >= 0.3 is 6.09 Å². The Morgan fingerprint density at radius 2 is 1.51 bits per heavy atom. The van der Waals surface area contributed by atoms with E-state index in [1.54, 1.807) is 20.8 Å². The Morgan fingerprint density at radius 3 is 1.97 bits per heavy atom. The summed E-state index contributed by atoms with van der Waals surface area (Å²) in [4.78, 5) is 40.9. The minimum atomic E-state index is -1.28. The SMILES string of the molecule is CCOC(=O)N[C@@H](CC(C)C)C(=O)N([C@H](CC(C)C)C(N)=O)[C@@H](CC1CCCCC1)C(O)[C@@H](O)C(C)C. The zero-order chi connectivity index (χ0) is 28.3. The van der Waals surface area contributed by atoms with Gasteiger partial charge in [0.25, 0.3) is 0 Å². The molecule has 1 unspecified atom stereocenters. The van der Waals surface area contributed by atoms with Crippen molar-refractivity contribution in [2.24, 2.45) is 29.4 Å². The number of nitrogens with zero attached hydrogens (tertiary/aromatic N) is 1. The number of nitrogens with one attached hydrogen (secondary N) is 1. The number of aliphatic hydroxyl groups excluding tert-OH is 2. The standard InChI is InChI=1S/C28H53N3O6/c1-8-37-28(36)30-21(14-17(2)3)27(35)31(23(26(29)34)15-18(4)5)22(25(33)24(32)19(6)7)16-20-12-10-9-11-13-20/h17-25,32-33H,8-16H2,1-7H3,(H2,29,34)(H,30,36)/t21-,22-,23+,24-,25?/m0/s1. The van der Waals surface area contributed by atoms with Gasteiger partial charge in [0, 0.05) is 0 Å². The van der Waals surface area contributed by atoms with Crippen molar-refractivity contribution >= 4 is 17.9 Å². The maximum atomic E-state index is 14.3. The van der Waals surface area contributed by atoms with Crippen molar-refractivity contribution in [3.63, 3.8) is 0 Å². The molecule has 37 heavy (non-hydrogen) atoms. The van der Waals surface area contributed by atoms with Crippen LogP contribution in [0.3, 0.4) is 0 Å². The number of alkyl carbamates (subject to hydrolysis) is 1. The van der Waals surface area contributed by atoms with Gasteiger partial charge in [0.15, 0.2) is 0 Å². The molecule has 1 rings (SSSR count). The minimum absolute atomic E-state index is 0.0388. The van der Waals surface area contributed by atoms with Crippen LogP contribution in [0.1, 0.15) is 99.8 Å². The van der Waals surface area contributed by atoms with E-state index in [0.29, 0.717) is 19.3 Å². The predicted molar refractivity (Wildman–Crippen MR) is 145 cm³/mol. The molecule has 9 nitrogen and oxygen atoms in total. The first-order chi connectivity index (χ1) is 17.3. The van der Waals surface area contributed by atoms with Crippen molar-refractivity contribution in [1.82, 2.24) is 10.2 Å². The zero-order valence-electron chi connectivity index (χ0n) is 24.1. The number of carbonyl (C=O) groups excluding carboxylic acids is 3. The molecular weight excluding hydrogens is 474 g/mol. The third-order valence-electron chi connectivity index (χ3n) is 7.27. The van der Waals surface area contributed by atoms with Gasteiger partial charge in [-0.05, 0) is 49.9 Å². The summed E-state index contributed by atoms with van der Waals surface area (Å²) in [6.07, 6.45) is 3.20. The lowest BCUT2D eigenvalue weighted by atomic mass is 9.80. The van der Waals surface area contributed by atoms with Crippen LogP contribution in [0.4, 0.5) is 4.79 Å². The second-order valence-corrected chi connectivity index (χ2v) is 11.9. The van der Waals surface area contributed by atoms with E-state index in [1.165, 1.54) is 4.90 Å². The molecule has 216 valence electrons. The van der Waals surface area contributed by atoms with E-state index in [1.807, 2.05) is 27.7 Å². The first-order valence-electron chi connectivity index (χ1n) is 14.2. The third-order valence-corrected chi connectivity index (χ3v) is 7.27. The second kappa shape index (κ2) is 16.2. The Hall–Kier alpha value is -1.87. The van der Waals surface area contributed by atoms with E-state index in [9.17, 15) is 24.6 Å². The van der Waals surface area contributed by atoms with Crippen molar-refractivity contribution in [3.05, 3.63) is 0 Å². The van der Waals surface area contributed by atoms with E-state index in [4.69, 9.17) is 10.5 Å². The van der Waals surface area contributed by atoms with Crippen molar-refractivity contribution in [2.75, 3.05) is 6.61 Å². The topological polar surface area (TPSA) is 142 Å². The Balaban J connectivity index is 3.62. The fourth-order valence-corrected chi connectivity index (χ4v) is 5.35. The quantitative estimate of drug-likeness (QED) is 0.256. The number of primary amides is 1. The molecule has 1 aliphatic carbocycles. The van der Waals surface area contributed by atoms with Crippen LogP contribution in [0.15, 0.2) is 0 Å². The fraction of sp³-hybridized carbons (Fsp3) is 0.893. The summed E-state index contributed by atoms with van der Waals surface area (Å²) in [5.74, 6) is -1.07. The Bertz CT molecular complexity index is 708. The lowest BCUT2D eigenvalue weighted by Gasteiger charge is -2.44. The van der Waals surface area contributed by atoms with Gasteiger partial charge in [0.05, 0.1) is 18.8 Å². The van der Waals surface area contributed by atoms with Crippen LogP contribution in [-0.4, -0.2) is 70.0 Å². The number of aliphatic hydroxyl groups is 2. The summed E-state index contributed by atoms with van der Waals surface area (Å²) in [6, 6.07) is -2.79. The van der Waals surface area contributed by atoms with Gasteiger partial charge < -0.3 is 30.9 Å². The van der Waals surface area contributed by atoms with Crippen LogP contribution in [0.2, 0.25) is 0 Å². The fourth-order valence-electron chi connectivity index (χ4n) is 5.35. The van der Waals surface area contributed by atoms with Gasteiger partial charge in [-0.25, -0.2) is 4.79 Å². The normalized spacial score (nSPS) is 18.8. The predicted octanol–water partition coefficient (Wildman–Crippen LogP) is 3.59. The smallest absolute Gasteiger partial charge is 0.407 e. The average molecular weight is 528 g/mol. The number of hydrogen-bond acceptors (Lipinski definition) is 6. The van der Waals surface area contributed by atoms with Crippen molar-refractivity contribution in [2.45, 2.75) is 130 Å². The van der Waals surface area contributed by atoms with Crippen LogP contribution >= 0.6 is 0 Å². The molecule has 9 heteroatoms. The molecule has 0 radical (unpaired) electrons. The summed E-state index contributed by atoms with van der Waals surface area (Å²) in [6.45, 7) is 13.2. The highest BCUT2D eigenvalue weighted by Gasteiger charge is 2.44. The number of ether oxygens (including phenoxy) is 1. The molecule has 5 atom stereocenters. The number of amides is 3. The monoisotopic (exact) mass is 527 g/mol. The van der Waals surface area contributed by atoms with Crippen LogP contribution in [-0.2, 0) is 14.3 Å². The Kier molecular flexibility index (Phi) is 14.5. The van der Waals surface area contributed by atoms with Crippen molar-refractivity contribution < 1.29 is 29.3 Å². The lowest BCUT2D eigenvalue weighted by Crippen LogP contribution is -2.63. The molecule has 3 amide bonds. The molecule has 0 saturated heterocycles. The molecule has 0 aromatic heterocycles. The number of carbonyl (C=O) groups is 3. The number of rotatable bonds is 15. The van der Waals surface area contributed by atoms with E-state index in [-0.39, 0.29) is 30.3 Å². The molecular formula is C28H53N3O6. The largest absolute Gasteiger partial charge is 0.450 e. The summed E-state index contributed by atoms with van der Waals surface area (Å²) < 4.78 is 5.05. The number of hydrogen-bond donors (Lipinski definition) is 4. The molecule has 1 fully saturated rings. The summed E-state index contributed by atoms with van der Waals surface area (Å²) in [7, 11) is 0. The molecule has 0 aromatic carbocycles. The Morgan fingerprint density at radius 1 is 0.946 bits per heavy atom. The maximum Gasteiger partial charge on any atom is 0.407 e. The highest BCUT2D eigenvalue weighted by Crippen LogP contribution is 2.33. The molecule has 0 spiro atoms. The molecule has 1 saturated carbocycles. The lowest BCUT2D eigenvalue weighted by molar-refractivity contribution is -0.152. The van der Waals surface area contributed by atoms with Crippen LogP contribution in [0.5, 0.6) is 0 Å². The highest BCUT2D eigenvalue weighted by molar-refractivity contribution is 5.91. The Labute approximate surface area is 223 Å². The maximum absolute atomic E-state index is 14.3. The summed E-state index contributed by atoms with van der Waals surface area (Å²) in [5, 5.41) is 25.1. The summed E-state index contributed by atoms with van der Waals surface area (Å²) >= 11 is 0. The van der Waals surface area contributed by atoms with Crippen LogP contribution in [0.25, 0.3) is 0 Å². The van der Waals surface area contributed by atoms with Gasteiger partial charge in [0.1, 0.15) is 18.2 Å². The van der Waals surface area contributed by atoms with E-state index in [2.05, 4.69) is 5.32 Å². The molecule has 0 heterocycles. The van der Waals surface area contributed by atoms with Crippen LogP contribution in [0, 0.1) is 23.7 Å². The molecule has 0 aromatic rings. The van der Waals surface area contributed by atoms with E-state index >= 15 is 0 Å². The first-order valence-corrected chi connectivity index (χ1v) is 14.2. The van der Waals surface area contributed by atoms with E-state index in [0.717, 1.165) is 32.1 Å². The van der Waals surface area contributed by atoms with Crippen molar-refractivity contribution in [3.8, 4) is 0 Å². The van der Waals surface area contributed by atoms with E-state index < -0.39 is 48.2 Å². The molecule has 1 aliphatic rings. The van der Waals surface area contributed by atoms with Crippen LogP contribution < -0.4 is 11.1 Å². The van der Waals surface area contributed by atoms with Gasteiger partial charge in [0.2, 0.25) is 11.8 Å². The second-order valence-electron chi connectivity index (χ2n) is 11.9. The van der Waals surface area contributed by atoms with Gasteiger partial charge in [-0.15, -0.1) is 0 Å². The molecule has 0 bridgehead atoms. The third kappa shape index (κ3) is 10.8. The number of nitrogens with two attached hydrogens (primary N) is 1.